The van der Waals surface area contributed by atoms with Crippen LogP contribution in [0.5, 0.6) is 0 Å². The number of carbonyl (C=O) groups excluding carboxylic acids is 4. The molecule has 1 aromatic carbocycles. The molecule has 2 saturated heterocycles. The Hall–Kier alpha value is -2.90. The SMILES string of the molecule is C[C@H]1C[C@@H](OC(=O)c2ccccc2CN2C(=O)CNC2=O)C(=O)O1. The van der Waals surface area contributed by atoms with Crippen LogP contribution in [-0.4, -0.2) is 47.5 Å². The van der Waals surface area contributed by atoms with Crippen molar-refractivity contribution in [3.05, 3.63) is 35.4 Å². The Bertz CT molecular complexity index is 700. The molecule has 3 rings (SSSR count). The van der Waals surface area contributed by atoms with Crippen molar-refractivity contribution >= 4 is 23.9 Å². The Morgan fingerprint density at radius 3 is 2.71 bits per heavy atom. The highest BCUT2D eigenvalue weighted by molar-refractivity contribution is 6.02. The van der Waals surface area contributed by atoms with Crippen molar-refractivity contribution in [3.63, 3.8) is 0 Å². The van der Waals surface area contributed by atoms with Crippen LogP contribution in [0, 0.1) is 0 Å². The first-order chi connectivity index (χ1) is 11.5. The van der Waals surface area contributed by atoms with Crippen molar-refractivity contribution in [2.75, 3.05) is 6.54 Å². The third-order valence-electron chi connectivity index (χ3n) is 3.88. The first kappa shape index (κ1) is 16.0. The minimum absolute atomic E-state index is 0.0402. The lowest BCUT2D eigenvalue weighted by atomic mass is 10.1. The summed E-state index contributed by atoms with van der Waals surface area (Å²) in [5.41, 5.74) is 0.671. The summed E-state index contributed by atoms with van der Waals surface area (Å²) in [5, 5.41) is 2.42. The molecule has 126 valence electrons. The Labute approximate surface area is 137 Å². The zero-order valence-electron chi connectivity index (χ0n) is 13.0. The van der Waals surface area contributed by atoms with E-state index in [4.69, 9.17) is 9.47 Å². The predicted molar refractivity (Wildman–Crippen MR) is 79.8 cm³/mol. The van der Waals surface area contributed by atoms with E-state index in [0.717, 1.165) is 4.90 Å². The van der Waals surface area contributed by atoms with Crippen LogP contribution in [-0.2, 0) is 25.6 Å². The minimum atomic E-state index is -0.933. The summed E-state index contributed by atoms with van der Waals surface area (Å²) in [6, 6.07) is 5.99. The first-order valence-corrected chi connectivity index (χ1v) is 7.53. The number of urea groups is 1. The fourth-order valence-electron chi connectivity index (χ4n) is 2.65. The molecule has 0 bridgehead atoms. The molecular weight excluding hydrogens is 316 g/mol. The second-order valence-electron chi connectivity index (χ2n) is 5.67. The summed E-state index contributed by atoms with van der Waals surface area (Å²) in [4.78, 5) is 48.3. The van der Waals surface area contributed by atoms with Gasteiger partial charge in [-0.05, 0) is 18.6 Å². The number of nitrogens with zero attached hydrogens (tertiary/aromatic N) is 1. The van der Waals surface area contributed by atoms with Gasteiger partial charge in [-0.3, -0.25) is 9.69 Å². The molecule has 0 spiro atoms. The van der Waals surface area contributed by atoms with Crippen LogP contribution >= 0.6 is 0 Å². The van der Waals surface area contributed by atoms with Crippen LogP contribution in [0.25, 0.3) is 0 Å². The van der Waals surface area contributed by atoms with Gasteiger partial charge in [0.05, 0.1) is 18.7 Å². The number of rotatable bonds is 4. The van der Waals surface area contributed by atoms with Crippen molar-refractivity contribution in [1.29, 1.82) is 0 Å². The fraction of sp³-hybridized carbons (Fsp3) is 0.375. The van der Waals surface area contributed by atoms with E-state index in [9.17, 15) is 19.2 Å². The number of esters is 2. The molecule has 0 aromatic heterocycles. The Morgan fingerprint density at radius 2 is 2.08 bits per heavy atom. The van der Waals surface area contributed by atoms with Gasteiger partial charge >= 0.3 is 18.0 Å². The lowest BCUT2D eigenvalue weighted by Gasteiger charge is -2.16. The quantitative estimate of drug-likeness (QED) is 0.640. The molecule has 8 heteroatoms. The van der Waals surface area contributed by atoms with Gasteiger partial charge in [-0.2, -0.15) is 0 Å². The smallest absolute Gasteiger partial charge is 0.347 e. The van der Waals surface area contributed by atoms with E-state index in [1.54, 1.807) is 25.1 Å². The van der Waals surface area contributed by atoms with Gasteiger partial charge in [-0.1, -0.05) is 18.2 Å². The zero-order chi connectivity index (χ0) is 17.3. The molecule has 24 heavy (non-hydrogen) atoms. The van der Waals surface area contributed by atoms with Crippen molar-refractivity contribution < 1.29 is 28.7 Å². The largest absolute Gasteiger partial charge is 0.460 e. The molecule has 2 aliphatic rings. The average Bonchev–Trinajstić information content (AvgIpc) is 3.03. The van der Waals surface area contributed by atoms with Crippen LogP contribution in [0.3, 0.4) is 0 Å². The lowest BCUT2D eigenvalue weighted by Crippen LogP contribution is -2.31. The van der Waals surface area contributed by atoms with Gasteiger partial charge in [0.25, 0.3) is 0 Å². The van der Waals surface area contributed by atoms with Crippen molar-refractivity contribution in [1.82, 2.24) is 10.2 Å². The van der Waals surface area contributed by atoms with E-state index in [1.165, 1.54) is 6.07 Å². The number of ether oxygens (including phenoxy) is 2. The highest BCUT2D eigenvalue weighted by Gasteiger charge is 2.36. The second-order valence-corrected chi connectivity index (χ2v) is 5.67. The summed E-state index contributed by atoms with van der Waals surface area (Å²) >= 11 is 0. The van der Waals surface area contributed by atoms with Crippen LogP contribution in [0.15, 0.2) is 24.3 Å². The molecule has 1 aromatic rings. The Kier molecular flexibility index (Phi) is 4.20. The molecule has 8 nitrogen and oxygen atoms in total. The van der Waals surface area contributed by atoms with E-state index >= 15 is 0 Å². The van der Waals surface area contributed by atoms with E-state index in [-0.39, 0.29) is 30.7 Å². The van der Waals surface area contributed by atoms with E-state index in [2.05, 4.69) is 5.32 Å². The molecular formula is C16H16N2O6. The van der Waals surface area contributed by atoms with Crippen LogP contribution in [0.4, 0.5) is 4.79 Å². The maximum atomic E-state index is 12.4. The predicted octanol–water partition coefficient (Wildman–Crippen LogP) is 0.599. The minimum Gasteiger partial charge on any atom is -0.460 e. The van der Waals surface area contributed by atoms with E-state index < -0.39 is 24.1 Å². The van der Waals surface area contributed by atoms with E-state index in [1.807, 2.05) is 0 Å². The molecule has 2 fully saturated rings. The normalized spacial score (nSPS) is 23.2. The molecule has 2 atom stereocenters. The lowest BCUT2D eigenvalue weighted by molar-refractivity contribution is -0.147. The maximum Gasteiger partial charge on any atom is 0.347 e. The highest BCUT2D eigenvalue weighted by atomic mass is 16.6. The standard InChI is InChI=1S/C16H16N2O6/c1-9-6-12(15(21)23-9)24-14(20)11-5-3-2-4-10(11)8-18-13(19)7-17-16(18)22/h2-5,9,12H,6-8H2,1H3,(H,17,22)/t9-,12+/m0/s1. The summed E-state index contributed by atoms with van der Waals surface area (Å²) in [6.45, 7) is 1.62. The zero-order valence-corrected chi connectivity index (χ0v) is 13.0. The van der Waals surface area contributed by atoms with Gasteiger partial charge in [0.1, 0.15) is 6.10 Å². The molecule has 2 aliphatic heterocycles. The first-order valence-electron chi connectivity index (χ1n) is 7.53. The van der Waals surface area contributed by atoms with Gasteiger partial charge in [-0.25, -0.2) is 14.4 Å². The molecule has 0 radical (unpaired) electrons. The third-order valence-corrected chi connectivity index (χ3v) is 3.88. The number of nitrogens with one attached hydrogen (secondary N) is 1. The summed E-state index contributed by atoms with van der Waals surface area (Å²) in [6.07, 6.45) is -0.923. The number of imide groups is 1. The van der Waals surface area contributed by atoms with Crippen molar-refractivity contribution in [2.45, 2.75) is 32.1 Å². The van der Waals surface area contributed by atoms with E-state index in [0.29, 0.717) is 12.0 Å². The molecule has 0 unspecified atom stereocenters. The molecule has 1 N–H and O–H groups in total. The topological polar surface area (TPSA) is 102 Å². The van der Waals surface area contributed by atoms with Crippen molar-refractivity contribution in [2.24, 2.45) is 0 Å². The molecule has 2 heterocycles. The summed E-state index contributed by atoms with van der Waals surface area (Å²) < 4.78 is 10.2. The molecule has 0 saturated carbocycles. The van der Waals surface area contributed by atoms with Gasteiger partial charge < -0.3 is 14.8 Å². The van der Waals surface area contributed by atoms with Gasteiger partial charge in [-0.15, -0.1) is 0 Å². The number of amides is 3. The number of cyclic esters (lactones) is 1. The summed E-state index contributed by atoms with van der Waals surface area (Å²) in [7, 11) is 0. The number of benzene rings is 1. The van der Waals surface area contributed by atoms with Gasteiger partial charge in [0.2, 0.25) is 12.0 Å². The third kappa shape index (κ3) is 3.08. The van der Waals surface area contributed by atoms with Crippen molar-refractivity contribution in [3.8, 4) is 0 Å². The van der Waals surface area contributed by atoms with Crippen LogP contribution in [0.2, 0.25) is 0 Å². The fourth-order valence-corrected chi connectivity index (χ4v) is 2.65. The van der Waals surface area contributed by atoms with Gasteiger partial charge in [0.15, 0.2) is 0 Å². The highest BCUT2D eigenvalue weighted by Crippen LogP contribution is 2.21. The van der Waals surface area contributed by atoms with Crippen LogP contribution in [0.1, 0.15) is 29.3 Å². The monoisotopic (exact) mass is 332 g/mol. The maximum absolute atomic E-state index is 12.4. The number of carbonyl (C=O) groups is 4. The molecule has 3 amide bonds. The molecule has 0 aliphatic carbocycles. The Balaban J connectivity index is 1.76. The average molecular weight is 332 g/mol. The number of hydrogen-bond acceptors (Lipinski definition) is 6. The Morgan fingerprint density at radius 1 is 1.33 bits per heavy atom. The second kappa shape index (κ2) is 6.31. The van der Waals surface area contributed by atoms with Crippen LogP contribution < -0.4 is 5.32 Å². The van der Waals surface area contributed by atoms with Gasteiger partial charge in [0, 0.05) is 6.42 Å². The summed E-state index contributed by atoms with van der Waals surface area (Å²) in [5.74, 6) is -1.62. The number of hydrogen-bond donors (Lipinski definition) is 1.